The molecule has 3 aromatic heterocycles. The highest BCUT2D eigenvalue weighted by Gasteiger charge is 2.32. The van der Waals surface area contributed by atoms with Gasteiger partial charge in [0.2, 0.25) is 11.9 Å². The van der Waals surface area contributed by atoms with E-state index in [1.54, 1.807) is 35.9 Å². The number of hydrogen-bond donors (Lipinski definition) is 2. The highest BCUT2D eigenvalue weighted by Crippen LogP contribution is 2.31. The number of fused-ring (bicyclic) bond motifs is 1. The largest absolute Gasteiger partial charge is 0.461 e. The molecule has 0 spiro atoms. The number of nitrogens with one attached hydrogen (secondary N) is 2. The molecule has 0 unspecified atom stereocenters. The van der Waals surface area contributed by atoms with Crippen LogP contribution in [-0.2, 0) is 28.8 Å². The lowest BCUT2D eigenvalue weighted by Gasteiger charge is -2.27. The number of anilines is 3. The number of nitrogens with zero attached hydrogens (tertiary/aromatic N) is 6. The average molecular weight is 490 g/mol. The van der Waals surface area contributed by atoms with Gasteiger partial charge in [0.25, 0.3) is 0 Å². The fourth-order valence-electron chi connectivity index (χ4n) is 3.37. The third-order valence-electron chi connectivity index (χ3n) is 4.96. The summed E-state index contributed by atoms with van der Waals surface area (Å²) >= 11 is 0. The number of ether oxygens (including phenoxy) is 1. The lowest BCUT2D eigenvalue weighted by molar-refractivity contribution is -0.141. The molecule has 4 rings (SSSR count). The molecule has 14 heteroatoms. The first-order valence-electron chi connectivity index (χ1n) is 10.5. The zero-order valence-electron chi connectivity index (χ0n) is 18.8. The summed E-state index contributed by atoms with van der Waals surface area (Å²) in [5, 5.41) is 9.86. The van der Waals surface area contributed by atoms with E-state index in [0.717, 1.165) is 17.8 Å². The molecule has 4 heterocycles. The predicted octanol–water partition coefficient (Wildman–Crippen LogP) is 2.31. The van der Waals surface area contributed by atoms with Crippen LogP contribution in [0.2, 0.25) is 0 Å². The number of aromatic nitrogens is 5. The van der Waals surface area contributed by atoms with Crippen LogP contribution in [-0.4, -0.2) is 56.8 Å². The topological polar surface area (TPSA) is 127 Å². The molecule has 0 fully saturated rings. The second-order valence-electron chi connectivity index (χ2n) is 7.67. The van der Waals surface area contributed by atoms with Gasteiger partial charge in [0.1, 0.15) is 11.4 Å². The minimum atomic E-state index is -4.49. The quantitative estimate of drug-likeness (QED) is 0.480. The Hall–Kier alpha value is -4.23. The molecule has 1 amide bonds. The van der Waals surface area contributed by atoms with E-state index in [2.05, 4.69) is 30.7 Å². The van der Waals surface area contributed by atoms with Crippen molar-refractivity contribution in [1.29, 1.82) is 0 Å². The van der Waals surface area contributed by atoms with Gasteiger partial charge in [-0.3, -0.25) is 14.5 Å². The fraction of sp³-hybridized carbons (Fsp3) is 0.333. The smallest absolute Gasteiger partial charge is 0.433 e. The number of carbonyl (C=O) groups excluding carboxylic acids is 2. The molecule has 184 valence electrons. The molecule has 35 heavy (non-hydrogen) atoms. The Morgan fingerprint density at radius 2 is 2.03 bits per heavy atom. The van der Waals surface area contributed by atoms with Crippen LogP contribution in [0.15, 0.2) is 30.7 Å². The molecule has 0 bridgehead atoms. The highest BCUT2D eigenvalue weighted by atomic mass is 19.4. The molecular weight excluding hydrogens is 469 g/mol. The first-order chi connectivity index (χ1) is 16.6. The van der Waals surface area contributed by atoms with E-state index in [4.69, 9.17) is 4.74 Å². The fourth-order valence-corrected chi connectivity index (χ4v) is 3.37. The van der Waals surface area contributed by atoms with Crippen molar-refractivity contribution >= 4 is 29.3 Å². The van der Waals surface area contributed by atoms with Crippen molar-refractivity contribution in [3.8, 4) is 0 Å². The van der Waals surface area contributed by atoms with E-state index in [1.165, 1.54) is 6.07 Å². The van der Waals surface area contributed by atoms with Crippen LogP contribution < -0.4 is 15.5 Å². The minimum Gasteiger partial charge on any atom is -0.461 e. The summed E-state index contributed by atoms with van der Waals surface area (Å²) in [4.78, 5) is 38.0. The van der Waals surface area contributed by atoms with Crippen LogP contribution in [0, 0.1) is 0 Å². The van der Waals surface area contributed by atoms with Crippen molar-refractivity contribution in [3.05, 3.63) is 53.2 Å². The molecule has 11 nitrogen and oxygen atoms in total. The summed E-state index contributed by atoms with van der Waals surface area (Å²) < 4.78 is 44.6. The van der Waals surface area contributed by atoms with Crippen molar-refractivity contribution < 1.29 is 27.5 Å². The van der Waals surface area contributed by atoms with Crippen LogP contribution in [0.3, 0.4) is 0 Å². The Bertz CT molecular complexity index is 1240. The van der Waals surface area contributed by atoms with Gasteiger partial charge in [0.05, 0.1) is 25.9 Å². The van der Waals surface area contributed by atoms with Crippen molar-refractivity contribution in [2.45, 2.75) is 26.2 Å². The van der Waals surface area contributed by atoms with Crippen LogP contribution in [0.25, 0.3) is 0 Å². The number of halogens is 3. The molecule has 0 aliphatic carbocycles. The van der Waals surface area contributed by atoms with Crippen LogP contribution in [0.5, 0.6) is 0 Å². The third-order valence-corrected chi connectivity index (χ3v) is 4.96. The number of carbonyl (C=O) groups is 2. The van der Waals surface area contributed by atoms with Gasteiger partial charge in [-0.05, 0) is 18.6 Å². The summed E-state index contributed by atoms with van der Waals surface area (Å²) in [6.07, 6.45) is -0.0336. The van der Waals surface area contributed by atoms with E-state index in [1.807, 2.05) is 0 Å². The van der Waals surface area contributed by atoms with E-state index in [0.29, 0.717) is 11.4 Å². The van der Waals surface area contributed by atoms with Crippen molar-refractivity contribution in [2.75, 3.05) is 35.7 Å². The zero-order valence-corrected chi connectivity index (χ0v) is 18.8. The number of amides is 1. The van der Waals surface area contributed by atoms with Gasteiger partial charge >= 0.3 is 12.1 Å². The molecule has 2 N–H and O–H groups in total. The predicted molar refractivity (Wildman–Crippen MR) is 118 cm³/mol. The standard InChI is InChI=1S/C21H21F3N8O3/c1-3-35-19(34)17-16-18(31(2)11-15(33)28-16)30-20(29-17)26-7-13-8-27-32(10-13)9-12-4-5-14(25-6-12)21(22,23)24/h4-6,8,10H,3,7,9,11H2,1-2H3,(H,28,33)(H,26,29,30). The number of rotatable bonds is 7. The first-order valence-corrected chi connectivity index (χ1v) is 10.5. The normalized spacial score (nSPS) is 13.3. The molecule has 1 aliphatic rings. The average Bonchev–Trinajstić information content (AvgIpc) is 3.24. The molecular formula is C21H21F3N8O3. The van der Waals surface area contributed by atoms with E-state index in [-0.39, 0.29) is 49.5 Å². The Kier molecular flexibility index (Phi) is 6.53. The Balaban J connectivity index is 1.47. The summed E-state index contributed by atoms with van der Waals surface area (Å²) in [7, 11) is 1.67. The second kappa shape index (κ2) is 9.56. The van der Waals surface area contributed by atoms with Gasteiger partial charge in [0, 0.05) is 31.5 Å². The van der Waals surface area contributed by atoms with E-state index in [9.17, 15) is 22.8 Å². The van der Waals surface area contributed by atoms with E-state index < -0.39 is 17.8 Å². The van der Waals surface area contributed by atoms with Crippen LogP contribution in [0.4, 0.5) is 30.6 Å². The first kappa shape index (κ1) is 23.9. The Morgan fingerprint density at radius 3 is 2.71 bits per heavy atom. The number of likely N-dealkylation sites (N-methyl/N-ethyl adjacent to an activating group) is 1. The minimum absolute atomic E-state index is 0.0650. The molecule has 0 saturated heterocycles. The van der Waals surface area contributed by atoms with E-state index >= 15 is 0 Å². The maximum absolute atomic E-state index is 12.7. The van der Waals surface area contributed by atoms with Crippen molar-refractivity contribution in [2.24, 2.45) is 0 Å². The molecule has 1 aliphatic heterocycles. The van der Waals surface area contributed by atoms with Gasteiger partial charge in [0.15, 0.2) is 11.5 Å². The number of alkyl halides is 3. The molecule has 0 atom stereocenters. The van der Waals surface area contributed by atoms with Gasteiger partial charge in [-0.15, -0.1) is 0 Å². The van der Waals surface area contributed by atoms with Gasteiger partial charge < -0.3 is 20.3 Å². The summed E-state index contributed by atoms with van der Waals surface area (Å²) in [6, 6.07) is 2.28. The Labute approximate surface area is 197 Å². The maximum atomic E-state index is 12.7. The number of hydrogen-bond acceptors (Lipinski definition) is 9. The number of pyridine rings is 1. The highest BCUT2D eigenvalue weighted by molar-refractivity contribution is 6.07. The number of esters is 1. The van der Waals surface area contributed by atoms with Crippen molar-refractivity contribution in [1.82, 2.24) is 24.7 Å². The zero-order chi connectivity index (χ0) is 25.2. The van der Waals surface area contributed by atoms with Crippen LogP contribution in [0.1, 0.15) is 34.2 Å². The SMILES string of the molecule is CCOC(=O)c1nc(NCc2cnn(Cc3ccc(C(F)(F)F)nc3)c2)nc2c1NC(=O)CN2C. The maximum Gasteiger partial charge on any atom is 0.433 e. The summed E-state index contributed by atoms with van der Waals surface area (Å²) in [5.74, 6) is -0.474. The van der Waals surface area contributed by atoms with Gasteiger partial charge in [-0.1, -0.05) is 6.07 Å². The second-order valence-corrected chi connectivity index (χ2v) is 7.67. The molecule has 0 aromatic carbocycles. The monoisotopic (exact) mass is 490 g/mol. The van der Waals surface area contributed by atoms with Gasteiger partial charge in [-0.2, -0.15) is 23.3 Å². The summed E-state index contributed by atoms with van der Waals surface area (Å²) in [6.45, 7) is 2.35. The van der Waals surface area contributed by atoms with Crippen LogP contribution >= 0.6 is 0 Å². The lowest BCUT2D eigenvalue weighted by Crippen LogP contribution is -2.37. The lowest BCUT2D eigenvalue weighted by atomic mass is 10.2. The third kappa shape index (κ3) is 5.47. The molecule has 0 saturated carbocycles. The Morgan fingerprint density at radius 1 is 1.23 bits per heavy atom. The van der Waals surface area contributed by atoms with Gasteiger partial charge in [-0.25, -0.2) is 9.78 Å². The summed E-state index contributed by atoms with van der Waals surface area (Å²) in [5.41, 5.74) is 0.466. The molecule has 0 radical (unpaired) electrons. The molecule has 3 aromatic rings. The van der Waals surface area contributed by atoms with Crippen molar-refractivity contribution in [3.63, 3.8) is 0 Å².